The van der Waals surface area contributed by atoms with E-state index in [1.165, 1.54) is 6.07 Å². The van der Waals surface area contributed by atoms with Crippen LogP contribution in [0.4, 0.5) is 18.9 Å². The van der Waals surface area contributed by atoms with Gasteiger partial charge in [0.1, 0.15) is 5.76 Å². The zero-order valence-electron chi connectivity index (χ0n) is 10.7. The van der Waals surface area contributed by atoms with Crippen LogP contribution in [-0.4, -0.2) is 6.04 Å². The Balaban J connectivity index is 2.10. The molecule has 1 aromatic carbocycles. The third-order valence-electron chi connectivity index (χ3n) is 2.77. The summed E-state index contributed by atoms with van der Waals surface area (Å²) in [6, 6.07) is 7.68. The zero-order valence-corrected chi connectivity index (χ0v) is 12.3. The zero-order chi connectivity index (χ0) is 14.8. The SMILES string of the molecule is CC(Cc1ccco1)Nc1ccc(Br)c(C(F)(F)F)c1. The van der Waals surface area contributed by atoms with Gasteiger partial charge in [0.25, 0.3) is 0 Å². The highest BCUT2D eigenvalue weighted by atomic mass is 79.9. The molecule has 0 saturated carbocycles. The van der Waals surface area contributed by atoms with Gasteiger partial charge in [-0.1, -0.05) is 15.9 Å². The Labute approximate surface area is 123 Å². The first kappa shape index (κ1) is 15.0. The third-order valence-corrected chi connectivity index (χ3v) is 3.46. The summed E-state index contributed by atoms with van der Waals surface area (Å²) in [6.45, 7) is 1.89. The smallest absolute Gasteiger partial charge is 0.417 e. The Kier molecular flexibility index (Phi) is 4.42. The number of hydrogen-bond acceptors (Lipinski definition) is 2. The van der Waals surface area contributed by atoms with Crippen LogP contribution in [0.3, 0.4) is 0 Å². The number of halogens is 4. The molecule has 0 aliphatic rings. The van der Waals surface area contributed by atoms with Gasteiger partial charge in [-0.25, -0.2) is 0 Å². The molecule has 0 radical (unpaired) electrons. The fraction of sp³-hybridized carbons (Fsp3) is 0.286. The summed E-state index contributed by atoms with van der Waals surface area (Å²) in [5.74, 6) is 0.790. The lowest BCUT2D eigenvalue weighted by Gasteiger charge is -2.16. The van der Waals surface area contributed by atoms with E-state index >= 15 is 0 Å². The summed E-state index contributed by atoms with van der Waals surface area (Å²) < 4.78 is 43.6. The van der Waals surface area contributed by atoms with E-state index in [4.69, 9.17) is 4.42 Å². The molecule has 1 aromatic heterocycles. The Morgan fingerprint density at radius 2 is 2.05 bits per heavy atom. The van der Waals surface area contributed by atoms with E-state index in [0.717, 1.165) is 11.8 Å². The van der Waals surface area contributed by atoms with E-state index in [9.17, 15) is 13.2 Å². The second kappa shape index (κ2) is 5.91. The monoisotopic (exact) mass is 347 g/mol. The average molecular weight is 348 g/mol. The van der Waals surface area contributed by atoms with Crippen LogP contribution in [0, 0.1) is 0 Å². The van der Waals surface area contributed by atoms with Gasteiger partial charge >= 0.3 is 6.18 Å². The third kappa shape index (κ3) is 3.79. The molecule has 0 saturated heterocycles. The minimum Gasteiger partial charge on any atom is -0.469 e. The predicted molar refractivity (Wildman–Crippen MR) is 74.6 cm³/mol. The van der Waals surface area contributed by atoms with E-state index in [0.29, 0.717) is 12.1 Å². The van der Waals surface area contributed by atoms with Crippen LogP contribution < -0.4 is 5.32 Å². The molecule has 0 bridgehead atoms. The van der Waals surface area contributed by atoms with Crippen LogP contribution in [0.2, 0.25) is 0 Å². The first-order chi connectivity index (χ1) is 9.36. The van der Waals surface area contributed by atoms with Gasteiger partial charge in [-0.15, -0.1) is 0 Å². The summed E-state index contributed by atoms with van der Waals surface area (Å²) in [5, 5.41) is 3.04. The number of hydrogen-bond donors (Lipinski definition) is 1. The van der Waals surface area contributed by atoms with E-state index in [1.54, 1.807) is 18.4 Å². The van der Waals surface area contributed by atoms with Crippen molar-refractivity contribution in [2.24, 2.45) is 0 Å². The number of alkyl halides is 3. The molecule has 1 unspecified atom stereocenters. The topological polar surface area (TPSA) is 25.2 Å². The van der Waals surface area contributed by atoms with Gasteiger partial charge < -0.3 is 9.73 Å². The molecule has 0 aliphatic heterocycles. The molecule has 1 heterocycles. The molecule has 2 nitrogen and oxygen atoms in total. The van der Waals surface area contributed by atoms with Crippen molar-refractivity contribution in [2.45, 2.75) is 25.6 Å². The fourth-order valence-electron chi connectivity index (χ4n) is 1.90. The van der Waals surface area contributed by atoms with Gasteiger partial charge in [0.15, 0.2) is 0 Å². The number of furan rings is 1. The number of nitrogens with one attached hydrogen (secondary N) is 1. The quantitative estimate of drug-likeness (QED) is 0.831. The Bertz CT molecular complexity index is 566. The Hall–Kier alpha value is -1.43. The van der Waals surface area contributed by atoms with Gasteiger partial charge in [-0.3, -0.25) is 0 Å². The number of anilines is 1. The Morgan fingerprint density at radius 1 is 1.30 bits per heavy atom. The molecule has 20 heavy (non-hydrogen) atoms. The summed E-state index contributed by atoms with van der Waals surface area (Å²) in [6.07, 6.45) is -2.20. The van der Waals surface area contributed by atoms with Crippen molar-refractivity contribution in [1.29, 1.82) is 0 Å². The molecule has 0 amide bonds. The van der Waals surface area contributed by atoms with Crippen molar-refractivity contribution in [1.82, 2.24) is 0 Å². The summed E-state index contributed by atoms with van der Waals surface area (Å²) in [5.41, 5.74) is -0.257. The van der Waals surface area contributed by atoms with Crippen LogP contribution >= 0.6 is 15.9 Å². The van der Waals surface area contributed by atoms with E-state index in [1.807, 2.05) is 13.0 Å². The van der Waals surface area contributed by atoms with Crippen molar-refractivity contribution < 1.29 is 17.6 Å². The first-order valence-corrected chi connectivity index (χ1v) is 6.81. The molecule has 0 spiro atoms. The minimum absolute atomic E-state index is 0.0363. The largest absolute Gasteiger partial charge is 0.469 e. The van der Waals surface area contributed by atoms with Crippen molar-refractivity contribution in [3.63, 3.8) is 0 Å². The van der Waals surface area contributed by atoms with E-state index in [2.05, 4.69) is 21.2 Å². The highest BCUT2D eigenvalue weighted by Gasteiger charge is 2.33. The van der Waals surface area contributed by atoms with Gasteiger partial charge in [-0.05, 0) is 37.3 Å². The highest BCUT2D eigenvalue weighted by Crippen LogP contribution is 2.36. The maximum absolute atomic E-state index is 12.8. The maximum Gasteiger partial charge on any atom is 0.417 e. The molecular weight excluding hydrogens is 335 g/mol. The summed E-state index contributed by atoms with van der Waals surface area (Å²) in [4.78, 5) is 0. The molecule has 2 aromatic rings. The molecule has 1 N–H and O–H groups in total. The minimum atomic E-state index is -4.37. The van der Waals surface area contributed by atoms with Crippen LogP contribution in [0.15, 0.2) is 45.5 Å². The van der Waals surface area contributed by atoms with Gasteiger partial charge in [0.05, 0.1) is 11.8 Å². The van der Waals surface area contributed by atoms with Crippen molar-refractivity contribution >= 4 is 21.6 Å². The lowest BCUT2D eigenvalue weighted by atomic mass is 10.1. The van der Waals surface area contributed by atoms with E-state index in [-0.39, 0.29) is 10.5 Å². The highest BCUT2D eigenvalue weighted by molar-refractivity contribution is 9.10. The van der Waals surface area contributed by atoms with Gasteiger partial charge in [0.2, 0.25) is 0 Å². The molecule has 6 heteroatoms. The molecule has 108 valence electrons. The van der Waals surface area contributed by atoms with Crippen molar-refractivity contribution in [3.05, 3.63) is 52.4 Å². The van der Waals surface area contributed by atoms with Gasteiger partial charge in [-0.2, -0.15) is 13.2 Å². The molecular formula is C14H13BrF3NO. The Morgan fingerprint density at radius 3 is 2.65 bits per heavy atom. The second-order valence-electron chi connectivity index (χ2n) is 4.52. The van der Waals surface area contributed by atoms with Crippen LogP contribution in [0.1, 0.15) is 18.2 Å². The lowest BCUT2D eigenvalue weighted by Crippen LogP contribution is -2.18. The normalized spacial score (nSPS) is 13.2. The fourth-order valence-corrected chi connectivity index (χ4v) is 2.37. The molecule has 1 atom stereocenters. The first-order valence-electron chi connectivity index (χ1n) is 6.02. The average Bonchev–Trinajstić information content (AvgIpc) is 2.83. The van der Waals surface area contributed by atoms with Crippen molar-refractivity contribution in [3.8, 4) is 0 Å². The molecule has 0 fully saturated rings. The number of benzene rings is 1. The summed E-state index contributed by atoms with van der Waals surface area (Å²) >= 11 is 2.92. The van der Waals surface area contributed by atoms with Gasteiger partial charge in [0, 0.05) is 22.6 Å². The second-order valence-corrected chi connectivity index (χ2v) is 5.38. The lowest BCUT2D eigenvalue weighted by molar-refractivity contribution is -0.138. The predicted octanol–water partition coefficient (Wildman–Crippen LogP) is 5.10. The van der Waals surface area contributed by atoms with Crippen LogP contribution in [0.25, 0.3) is 0 Å². The number of rotatable bonds is 4. The molecule has 0 aliphatic carbocycles. The molecule has 2 rings (SSSR count). The maximum atomic E-state index is 12.8. The standard InChI is InChI=1S/C14H13BrF3NO/c1-9(7-11-3-2-6-20-11)19-10-4-5-13(15)12(8-10)14(16,17)18/h2-6,8-9,19H,7H2,1H3. The van der Waals surface area contributed by atoms with Crippen molar-refractivity contribution in [2.75, 3.05) is 5.32 Å². The summed E-state index contributed by atoms with van der Waals surface area (Å²) in [7, 11) is 0. The van der Waals surface area contributed by atoms with Crippen LogP contribution in [0.5, 0.6) is 0 Å². The van der Waals surface area contributed by atoms with E-state index < -0.39 is 11.7 Å². The van der Waals surface area contributed by atoms with Crippen LogP contribution in [-0.2, 0) is 12.6 Å².